The number of hydrogen-bond donors (Lipinski definition) is 1. The van der Waals surface area contributed by atoms with E-state index in [4.69, 9.17) is 14.2 Å². The van der Waals surface area contributed by atoms with Crippen molar-refractivity contribution < 1.29 is 14.2 Å². The van der Waals surface area contributed by atoms with E-state index in [0.29, 0.717) is 5.92 Å². The molecule has 0 spiro atoms. The van der Waals surface area contributed by atoms with Gasteiger partial charge in [0, 0.05) is 25.1 Å². The molecule has 2 rings (SSSR count). The monoisotopic (exact) mass is 237 g/mol. The first kappa shape index (κ1) is 12.0. The van der Waals surface area contributed by atoms with E-state index in [1.54, 1.807) is 14.2 Å². The molecule has 0 bridgehead atoms. The third kappa shape index (κ3) is 3.03. The highest BCUT2D eigenvalue weighted by molar-refractivity contribution is 5.59. The van der Waals surface area contributed by atoms with Crippen LogP contribution in [0.25, 0.3) is 0 Å². The summed E-state index contributed by atoms with van der Waals surface area (Å²) in [6, 6.07) is 5.79. The Morgan fingerprint density at radius 3 is 2.88 bits per heavy atom. The largest absolute Gasteiger partial charge is 0.497 e. The summed E-state index contributed by atoms with van der Waals surface area (Å²) >= 11 is 0. The first-order valence-corrected chi connectivity index (χ1v) is 5.87. The van der Waals surface area contributed by atoms with Crippen molar-refractivity contribution in [1.29, 1.82) is 0 Å². The molecule has 0 aromatic heterocycles. The Morgan fingerprint density at radius 2 is 2.24 bits per heavy atom. The van der Waals surface area contributed by atoms with Crippen molar-refractivity contribution >= 4 is 5.69 Å². The van der Waals surface area contributed by atoms with E-state index < -0.39 is 0 Å². The third-order valence-corrected chi connectivity index (χ3v) is 3.01. The Hall–Kier alpha value is -1.42. The molecule has 1 fully saturated rings. The van der Waals surface area contributed by atoms with Crippen LogP contribution in [-0.4, -0.2) is 34.0 Å². The van der Waals surface area contributed by atoms with E-state index in [1.807, 2.05) is 18.2 Å². The summed E-state index contributed by atoms with van der Waals surface area (Å²) in [5.41, 5.74) is 1.00. The first-order chi connectivity index (χ1) is 8.33. The van der Waals surface area contributed by atoms with Crippen LogP contribution < -0.4 is 14.8 Å². The van der Waals surface area contributed by atoms with E-state index >= 15 is 0 Å². The van der Waals surface area contributed by atoms with Gasteiger partial charge in [-0.3, -0.25) is 0 Å². The summed E-state index contributed by atoms with van der Waals surface area (Å²) < 4.78 is 15.8. The standard InChI is InChI=1S/C13H19NO3/c1-15-11-3-4-12(13(7-11)16-2)14-8-10-5-6-17-9-10/h3-4,7,10,14H,5-6,8-9H2,1-2H3. The van der Waals surface area contributed by atoms with Crippen LogP contribution in [0.15, 0.2) is 18.2 Å². The smallest absolute Gasteiger partial charge is 0.145 e. The van der Waals surface area contributed by atoms with Crippen molar-refractivity contribution in [2.45, 2.75) is 6.42 Å². The third-order valence-electron chi connectivity index (χ3n) is 3.01. The van der Waals surface area contributed by atoms with Gasteiger partial charge in [0.2, 0.25) is 0 Å². The number of nitrogens with one attached hydrogen (secondary N) is 1. The Morgan fingerprint density at radius 1 is 1.35 bits per heavy atom. The molecule has 1 aromatic carbocycles. The minimum absolute atomic E-state index is 0.599. The highest BCUT2D eigenvalue weighted by Gasteiger charge is 2.15. The highest BCUT2D eigenvalue weighted by atomic mass is 16.5. The maximum atomic E-state index is 5.35. The lowest BCUT2D eigenvalue weighted by atomic mass is 10.1. The maximum absolute atomic E-state index is 5.35. The van der Waals surface area contributed by atoms with Crippen LogP contribution in [-0.2, 0) is 4.74 Å². The van der Waals surface area contributed by atoms with Crippen molar-refractivity contribution in [2.24, 2.45) is 5.92 Å². The molecule has 1 atom stereocenters. The fraction of sp³-hybridized carbons (Fsp3) is 0.538. The minimum atomic E-state index is 0.599. The van der Waals surface area contributed by atoms with Crippen LogP contribution in [0.4, 0.5) is 5.69 Å². The second kappa shape index (κ2) is 5.77. The molecule has 4 heteroatoms. The Kier molecular flexibility index (Phi) is 4.09. The molecule has 1 unspecified atom stereocenters. The number of rotatable bonds is 5. The second-order valence-corrected chi connectivity index (χ2v) is 4.18. The number of anilines is 1. The summed E-state index contributed by atoms with van der Waals surface area (Å²) in [5, 5.41) is 3.40. The quantitative estimate of drug-likeness (QED) is 0.851. The van der Waals surface area contributed by atoms with Gasteiger partial charge < -0.3 is 19.5 Å². The zero-order valence-corrected chi connectivity index (χ0v) is 10.4. The van der Waals surface area contributed by atoms with Crippen LogP contribution in [0.3, 0.4) is 0 Å². The van der Waals surface area contributed by atoms with Crippen LogP contribution in [0.1, 0.15) is 6.42 Å². The number of ether oxygens (including phenoxy) is 3. The van der Waals surface area contributed by atoms with Gasteiger partial charge in [-0.2, -0.15) is 0 Å². The zero-order valence-electron chi connectivity index (χ0n) is 10.4. The summed E-state index contributed by atoms with van der Waals surface area (Å²) in [6.45, 7) is 2.65. The van der Waals surface area contributed by atoms with E-state index in [9.17, 15) is 0 Å². The minimum Gasteiger partial charge on any atom is -0.497 e. The summed E-state index contributed by atoms with van der Waals surface area (Å²) in [6.07, 6.45) is 1.13. The molecule has 1 N–H and O–H groups in total. The summed E-state index contributed by atoms with van der Waals surface area (Å²) in [7, 11) is 3.32. The molecule has 1 aromatic rings. The molecule has 0 amide bonds. The molecule has 17 heavy (non-hydrogen) atoms. The molecule has 0 saturated carbocycles. The fourth-order valence-electron chi connectivity index (χ4n) is 1.94. The van der Waals surface area contributed by atoms with Crippen LogP contribution >= 0.6 is 0 Å². The van der Waals surface area contributed by atoms with Gasteiger partial charge in [0.05, 0.1) is 26.5 Å². The van der Waals surface area contributed by atoms with Gasteiger partial charge in [-0.25, -0.2) is 0 Å². The van der Waals surface area contributed by atoms with Crippen molar-refractivity contribution in [3.63, 3.8) is 0 Å². The summed E-state index contributed by atoms with van der Waals surface area (Å²) in [4.78, 5) is 0. The average molecular weight is 237 g/mol. The number of hydrogen-bond acceptors (Lipinski definition) is 4. The lowest BCUT2D eigenvalue weighted by Gasteiger charge is -2.14. The SMILES string of the molecule is COc1ccc(NCC2CCOC2)c(OC)c1. The van der Waals surface area contributed by atoms with Crippen molar-refractivity contribution in [2.75, 3.05) is 39.3 Å². The van der Waals surface area contributed by atoms with E-state index in [-0.39, 0.29) is 0 Å². The van der Waals surface area contributed by atoms with E-state index in [2.05, 4.69) is 5.32 Å². The molecule has 94 valence electrons. The normalized spacial score (nSPS) is 19.1. The Labute approximate surface area is 102 Å². The Balaban J connectivity index is 1.98. The second-order valence-electron chi connectivity index (χ2n) is 4.18. The van der Waals surface area contributed by atoms with Gasteiger partial charge in [-0.1, -0.05) is 0 Å². The van der Waals surface area contributed by atoms with Crippen LogP contribution in [0.2, 0.25) is 0 Å². The van der Waals surface area contributed by atoms with Crippen molar-refractivity contribution in [3.8, 4) is 11.5 Å². The molecule has 1 aliphatic heterocycles. The van der Waals surface area contributed by atoms with E-state index in [1.165, 1.54) is 0 Å². The van der Waals surface area contributed by atoms with Gasteiger partial charge in [-0.05, 0) is 18.6 Å². The number of benzene rings is 1. The van der Waals surface area contributed by atoms with Crippen LogP contribution in [0.5, 0.6) is 11.5 Å². The first-order valence-electron chi connectivity index (χ1n) is 5.87. The maximum Gasteiger partial charge on any atom is 0.145 e. The van der Waals surface area contributed by atoms with Gasteiger partial charge in [0.1, 0.15) is 11.5 Å². The van der Waals surface area contributed by atoms with Crippen molar-refractivity contribution in [3.05, 3.63) is 18.2 Å². The summed E-state index contributed by atoms with van der Waals surface area (Å²) in [5.74, 6) is 2.21. The van der Waals surface area contributed by atoms with E-state index in [0.717, 1.165) is 43.4 Å². The fourth-order valence-corrected chi connectivity index (χ4v) is 1.94. The molecular weight excluding hydrogens is 218 g/mol. The molecule has 1 saturated heterocycles. The molecule has 1 heterocycles. The molecular formula is C13H19NO3. The molecule has 4 nitrogen and oxygen atoms in total. The molecule has 1 aliphatic rings. The predicted molar refractivity (Wildman–Crippen MR) is 67.0 cm³/mol. The molecule has 0 aliphatic carbocycles. The van der Waals surface area contributed by atoms with Crippen LogP contribution in [0, 0.1) is 5.92 Å². The topological polar surface area (TPSA) is 39.7 Å². The Bertz CT molecular complexity index is 362. The molecule has 0 radical (unpaired) electrons. The van der Waals surface area contributed by atoms with Gasteiger partial charge in [0.25, 0.3) is 0 Å². The van der Waals surface area contributed by atoms with Gasteiger partial charge in [0.15, 0.2) is 0 Å². The lowest BCUT2D eigenvalue weighted by Crippen LogP contribution is -2.14. The predicted octanol–water partition coefficient (Wildman–Crippen LogP) is 2.15. The highest BCUT2D eigenvalue weighted by Crippen LogP contribution is 2.29. The number of methoxy groups -OCH3 is 2. The van der Waals surface area contributed by atoms with Gasteiger partial charge >= 0.3 is 0 Å². The van der Waals surface area contributed by atoms with Crippen molar-refractivity contribution in [1.82, 2.24) is 0 Å². The lowest BCUT2D eigenvalue weighted by molar-refractivity contribution is 0.187. The average Bonchev–Trinajstić information content (AvgIpc) is 2.89. The zero-order chi connectivity index (χ0) is 12.1. The van der Waals surface area contributed by atoms with Gasteiger partial charge in [-0.15, -0.1) is 0 Å².